The molecule has 5 nitrogen and oxygen atoms in total. The molecule has 1 aromatic carbocycles. The monoisotopic (exact) mass is 247 g/mol. The molecule has 0 radical (unpaired) electrons. The number of esters is 1. The summed E-state index contributed by atoms with van der Waals surface area (Å²) in [4.78, 5) is 22.1. The first-order valence-electron chi connectivity index (χ1n) is 5.51. The van der Waals surface area contributed by atoms with Gasteiger partial charge in [-0.2, -0.15) is 5.26 Å². The SMILES string of the molecule is CCOC(=O)c1cccc(CCC(=O)O)c1C#N. The predicted octanol–water partition coefficient (Wildman–Crippen LogP) is 1.75. The van der Waals surface area contributed by atoms with Gasteiger partial charge in [-0.25, -0.2) is 4.79 Å². The summed E-state index contributed by atoms with van der Waals surface area (Å²) < 4.78 is 4.84. The molecule has 0 heterocycles. The number of aliphatic carboxylic acids is 1. The highest BCUT2D eigenvalue weighted by atomic mass is 16.5. The van der Waals surface area contributed by atoms with Gasteiger partial charge in [-0.05, 0) is 25.0 Å². The van der Waals surface area contributed by atoms with Crippen LogP contribution in [0.1, 0.15) is 34.8 Å². The second-order valence-electron chi connectivity index (χ2n) is 3.57. The Morgan fingerprint density at radius 3 is 2.72 bits per heavy atom. The maximum Gasteiger partial charge on any atom is 0.339 e. The average molecular weight is 247 g/mol. The summed E-state index contributed by atoms with van der Waals surface area (Å²) in [6.45, 7) is 1.90. The number of ether oxygens (including phenoxy) is 1. The Bertz CT molecular complexity index is 502. The van der Waals surface area contributed by atoms with E-state index in [1.807, 2.05) is 6.07 Å². The molecular formula is C13H13NO4. The molecule has 1 aromatic rings. The minimum absolute atomic E-state index is 0.0824. The summed E-state index contributed by atoms with van der Waals surface area (Å²) in [5.41, 5.74) is 0.921. The highest BCUT2D eigenvalue weighted by Gasteiger charge is 2.15. The number of aryl methyl sites for hydroxylation is 1. The fourth-order valence-corrected chi connectivity index (χ4v) is 1.56. The lowest BCUT2D eigenvalue weighted by atomic mass is 9.98. The van der Waals surface area contributed by atoms with Gasteiger partial charge < -0.3 is 9.84 Å². The molecule has 1 N–H and O–H groups in total. The van der Waals surface area contributed by atoms with Crippen molar-refractivity contribution in [1.29, 1.82) is 5.26 Å². The van der Waals surface area contributed by atoms with Crippen molar-refractivity contribution in [1.82, 2.24) is 0 Å². The minimum atomic E-state index is -0.944. The van der Waals surface area contributed by atoms with E-state index in [1.54, 1.807) is 19.1 Å². The second-order valence-corrected chi connectivity index (χ2v) is 3.57. The van der Waals surface area contributed by atoms with Gasteiger partial charge in [-0.15, -0.1) is 0 Å². The van der Waals surface area contributed by atoms with Gasteiger partial charge in [-0.1, -0.05) is 12.1 Å². The standard InChI is InChI=1S/C13H13NO4/c1-2-18-13(17)10-5-3-4-9(11(10)8-14)6-7-12(15)16/h3-5H,2,6-7H2,1H3,(H,15,16). The van der Waals surface area contributed by atoms with Crippen LogP contribution in [0.4, 0.5) is 0 Å². The van der Waals surface area contributed by atoms with Gasteiger partial charge in [0.25, 0.3) is 0 Å². The van der Waals surface area contributed by atoms with Crippen LogP contribution in [0, 0.1) is 11.3 Å². The molecule has 1 rings (SSSR count). The van der Waals surface area contributed by atoms with E-state index in [9.17, 15) is 9.59 Å². The molecule has 0 aliphatic heterocycles. The molecule has 0 bridgehead atoms. The van der Waals surface area contributed by atoms with Crippen LogP contribution in [0.2, 0.25) is 0 Å². The fraction of sp³-hybridized carbons (Fsp3) is 0.308. The van der Waals surface area contributed by atoms with E-state index >= 15 is 0 Å². The van der Waals surface area contributed by atoms with E-state index in [4.69, 9.17) is 15.1 Å². The zero-order valence-electron chi connectivity index (χ0n) is 9.97. The summed E-state index contributed by atoms with van der Waals surface area (Å²) in [5, 5.41) is 17.7. The Hall–Kier alpha value is -2.35. The topological polar surface area (TPSA) is 87.4 Å². The maximum absolute atomic E-state index is 11.6. The zero-order chi connectivity index (χ0) is 13.5. The van der Waals surface area contributed by atoms with Crippen LogP contribution in [-0.2, 0) is 16.0 Å². The maximum atomic E-state index is 11.6. The number of nitriles is 1. The van der Waals surface area contributed by atoms with Crippen LogP contribution in [0.15, 0.2) is 18.2 Å². The molecule has 0 fully saturated rings. The van der Waals surface area contributed by atoms with Gasteiger partial charge in [0.05, 0.1) is 17.7 Å². The third kappa shape index (κ3) is 3.32. The van der Waals surface area contributed by atoms with E-state index in [0.717, 1.165) is 0 Å². The van der Waals surface area contributed by atoms with Crippen molar-refractivity contribution in [3.05, 3.63) is 34.9 Å². The third-order valence-electron chi connectivity index (χ3n) is 2.37. The van der Waals surface area contributed by atoms with Crippen molar-refractivity contribution in [2.45, 2.75) is 19.8 Å². The largest absolute Gasteiger partial charge is 0.481 e. The summed E-state index contributed by atoms with van der Waals surface area (Å²) in [7, 11) is 0. The Morgan fingerprint density at radius 2 is 2.17 bits per heavy atom. The lowest BCUT2D eigenvalue weighted by molar-refractivity contribution is -0.136. The fourth-order valence-electron chi connectivity index (χ4n) is 1.56. The summed E-state index contributed by atoms with van der Waals surface area (Å²) in [6.07, 6.45) is 0.131. The summed E-state index contributed by atoms with van der Waals surface area (Å²) in [5.74, 6) is -1.51. The van der Waals surface area contributed by atoms with Crippen LogP contribution in [0.5, 0.6) is 0 Å². The lowest BCUT2D eigenvalue weighted by Gasteiger charge is -2.07. The highest BCUT2D eigenvalue weighted by molar-refractivity contribution is 5.92. The number of carbonyl (C=O) groups excluding carboxylic acids is 1. The number of hydrogen-bond acceptors (Lipinski definition) is 4. The number of benzene rings is 1. The van der Waals surface area contributed by atoms with E-state index < -0.39 is 11.9 Å². The van der Waals surface area contributed by atoms with Crippen LogP contribution in [-0.4, -0.2) is 23.7 Å². The van der Waals surface area contributed by atoms with Crippen LogP contribution in [0.3, 0.4) is 0 Å². The van der Waals surface area contributed by atoms with Crippen molar-refractivity contribution in [3.63, 3.8) is 0 Å². The predicted molar refractivity (Wildman–Crippen MR) is 63.1 cm³/mol. The number of rotatable bonds is 5. The molecule has 94 valence electrons. The van der Waals surface area contributed by atoms with Gasteiger partial charge in [0.1, 0.15) is 6.07 Å². The van der Waals surface area contributed by atoms with Gasteiger partial charge in [-0.3, -0.25) is 4.79 Å². The lowest BCUT2D eigenvalue weighted by Crippen LogP contribution is -2.09. The van der Waals surface area contributed by atoms with Crippen molar-refractivity contribution in [3.8, 4) is 6.07 Å². The number of hydrogen-bond donors (Lipinski definition) is 1. The number of nitrogens with zero attached hydrogens (tertiary/aromatic N) is 1. The van der Waals surface area contributed by atoms with E-state index in [1.165, 1.54) is 6.07 Å². The first kappa shape index (κ1) is 13.7. The van der Waals surface area contributed by atoms with Gasteiger partial charge in [0.15, 0.2) is 0 Å². The molecule has 0 unspecified atom stereocenters. The average Bonchev–Trinajstić information content (AvgIpc) is 2.35. The molecule has 5 heteroatoms. The molecule has 0 amide bonds. The molecule has 0 atom stereocenters. The normalized spacial score (nSPS) is 9.56. The first-order chi connectivity index (χ1) is 8.60. The first-order valence-corrected chi connectivity index (χ1v) is 5.51. The Balaban J connectivity index is 3.06. The number of carboxylic acid groups (broad SMARTS) is 1. The molecule has 0 spiro atoms. The molecule has 0 aromatic heterocycles. The summed E-state index contributed by atoms with van der Waals surface area (Å²) >= 11 is 0. The number of carbonyl (C=O) groups is 2. The molecule has 18 heavy (non-hydrogen) atoms. The van der Waals surface area contributed by atoms with Crippen LogP contribution >= 0.6 is 0 Å². The molecule has 0 saturated carbocycles. The van der Waals surface area contributed by atoms with Crippen molar-refractivity contribution < 1.29 is 19.4 Å². The number of carboxylic acids is 1. The second kappa shape index (κ2) is 6.40. The molecule has 0 aliphatic carbocycles. The van der Waals surface area contributed by atoms with Crippen LogP contribution < -0.4 is 0 Å². The van der Waals surface area contributed by atoms with Gasteiger partial charge >= 0.3 is 11.9 Å². The summed E-state index contributed by atoms with van der Waals surface area (Å²) in [6, 6.07) is 6.69. The third-order valence-corrected chi connectivity index (χ3v) is 2.37. The van der Waals surface area contributed by atoms with Crippen molar-refractivity contribution >= 4 is 11.9 Å². The smallest absolute Gasteiger partial charge is 0.339 e. The molecular weight excluding hydrogens is 234 g/mol. The zero-order valence-corrected chi connectivity index (χ0v) is 9.97. The van der Waals surface area contributed by atoms with Gasteiger partial charge in [0.2, 0.25) is 0 Å². The molecule has 0 aliphatic rings. The quantitative estimate of drug-likeness (QED) is 0.801. The van der Waals surface area contributed by atoms with Crippen LogP contribution in [0.25, 0.3) is 0 Å². The Kier molecular flexibility index (Phi) is 4.88. The minimum Gasteiger partial charge on any atom is -0.481 e. The Morgan fingerprint density at radius 1 is 1.44 bits per heavy atom. The highest BCUT2D eigenvalue weighted by Crippen LogP contribution is 2.17. The van der Waals surface area contributed by atoms with Crippen molar-refractivity contribution in [2.24, 2.45) is 0 Å². The van der Waals surface area contributed by atoms with E-state index in [0.29, 0.717) is 5.56 Å². The Labute approximate surface area is 105 Å². The molecule has 0 saturated heterocycles. The van der Waals surface area contributed by atoms with Gasteiger partial charge in [0, 0.05) is 6.42 Å². The van der Waals surface area contributed by atoms with E-state index in [2.05, 4.69) is 0 Å². The van der Waals surface area contributed by atoms with Crippen molar-refractivity contribution in [2.75, 3.05) is 6.61 Å². The van der Waals surface area contributed by atoms with E-state index in [-0.39, 0.29) is 30.6 Å².